The zero-order chi connectivity index (χ0) is 11.4. The van der Waals surface area contributed by atoms with E-state index in [0.29, 0.717) is 18.2 Å². The van der Waals surface area contributed by atoms with Gasteiger partial charge in [-0.05, 0) is 0 Å². The highest BCUT2D eigenvalue weighted by atomic mass is 16.5. The first-order valence-corrected chi connectivity index (χ1v) is 5.00. The van der Waals surface area contributed by atoms with Gasteiger partial charge in [0.25, 0.3) is 0 Å². The zero-order valence-corrected chi connectivity index (χ0v) is 9.05. The van der Waals surface area contributed by atoms with Gasteiger partial charge in [-0.2, -0.15) is 4.98 Å². The number of nitrogens with zero attached hydrogens (tertiary/aromatic N) is 2. The molecule has 0 aliphatic carbocycles. The van der Waals surface area contributed by atoms with Crippen molar-refractivity contribution in [2.75, 3.05) is 7.11 Å². The van der Waals surface area contributed by atoms with Crippen molar-refractivity contribution in [2.45, 2.75) is 6.54 Å². The highest BCUT2D eigenvalue weighted by Gasteiger charge is 2.07. The first-order chi connectivity index (χ1) is 7.85. The molecule has 4 heteroatoms. The first-order valence-electron chi connectivity index (χ1n) is 5.00. The Morgan fingerprint density at radius 3 is 2.62 bits per heavy atom. The molecule has 0 aliphatic heterocycles. The Kier molecular flexibility index (Phi) is 3.12. The number of aromatic nitrogens is 2. The summed E-state index contributed by atoms with van der Waals surface area (Å²) in [6.07, 6.45) is 1.70. The summed E-state index contributed by atoms with van der Waals surface area (Å²) in [5.41, 5.74) is 7.32. The number of hydrogen-bond donors (Lipinski definition) is 1. The average molecular weight is 215 g/mol. The van der Waals surface area contributed by atoms with E-state index in [-0.39, 0.29) is 0 Å². The van der Waals surface area contributed by atoms with Crippen LogP contribution in [0.15, 0.2) is 36.5 Å². The number of methoxy groups -OCH3 is 1. The predicted octanol–water partition coefficient (Wildman–Crippen LogP) is 1.61. The van der Waals surface area contributed by atoms with Crippen LogP contribution >= 0.6 is 0 Å². The summed E-state index contributed by atoms with van der Waals surface area (Å²) in [6.45, 7) is 0.373. The van der Waals surface area contributed by atoms with Crippen LogP contribution in [0.5, 0.6) is 5.88 Å². The van der Waals surface area contributed by atoms with E-state index < -0.39 is 0 Å². The topological polar surface area (TPSA) is 61.0 Å². The predicted molar refractivity (Wildman–Crippen MR) is 61.9 cm³/mol. The molecule has 0 spiro atoms. The van der Waals surface area contributed by atoms with E-state index in [1.165, 1.54) is 0 Å². The molecule has 0 atom stereocenters. The van der Waals surface area contributed by atoms with Gasteiger partial charge < -0.3 is 10.5 Å². The summed E-state index contributed by atoms with van der Waals surface area (Å²) >= 11 is 0. The first kappa shape index (κ1) is 10.6. The van der Waals surface area contributed by atoms with Gasteiger partial charge in [0.1, 0.15) is 0 Å². The summed E-state index contributed by atoms with van der Waals surface area (Å²) in [5, 5.41) is 0. The molecule has 0 unspecified atom stereocenters. The standard InChI is InChI=1S/C12H13N3O/c1-16-12-10(7-13)8-14-11(15-12)9-5-3-2-4-6-9/h2-6,8H,7,13H2,1H3. The van der Waals surface area contributed by atoms with E-state index in [4.69, 9.17) is 10.5 Å². The van der Waals surface area contributed by atoms with Crippen molar-refractivity contribution in [1.82, 2.24) is 9.97 Å². The molecule has 0 amide bonds. The number of benzene rings is 1. The molecular weight excluding hydrogens is 202 g/mol. The summed E-state index contributed by atoms with van der Waals surface area (Å²) in [5.74, 6) is 1.19. The highest BCUT2D eigenvalue weighted by Crippen LogP contribution is 2.19. The van der Waals surface area contributed by atoms with Crippen LogP contribution in [0.4, 0.5) is 0 Å². The van der Waals surface area contributed by atoms with Crippen LogP contribution in [0.3, 0.4) is 0 Å². The monoisotopic (exact) mass is 215 g/mol. The van der Waals surface area contributed by atoms with Gasteiger partial charge in [-0.1, -0.05) is 30.3 Å². The molecule has 2 N–H and O–H groups in total. The third-order valence-electron chi connectivity index (χ3n) is 2.27. The quantitative estimate of drug-likeness (QED) is 0.845. The molecule has 2 aromatic rings. The van der Waals surface area contributed by atoms with Crippen molar-refractivity contribution in [1.29, 1.82) is 0 Å². The normalized spacial score (nSPS) is 10.1. The summed E-state index contributed by atoms with van der Waals surface area (Å²) < 4.78 is 5.17. The van der Waals surface area contributed by atoms with Crippen LogP contribution in [0.2, 0.25) is 0 Å². The highest BCUT2D eigenvalue weighted by molar-refractivity contribution is 5.55. The SMILES string of the molecule is COc1nc(-c2ccccc2)ncc1CN. The Morgan fingerprint density at radius 2 is 2.00 bits per heavy atom. The van der Waals surface area contributed by atoms with Crippen molar-refractivity contribution in [2.24, 2.45) is 5.73 Å². The molecule has 16 heavy (non-hydrogen) atoms. The molecule has 1 heterocycles. The van der Waals surface area contributed by atoms with Crippen LogP contribution in [0, 0.1) is 0 Å². The molecule has 1 aromatic carbocycles. The minimum atomic E-state index is 0.373. The van der Waals surface area contributed by atoms with Crippen LogP contribution in [0.1, 0.15) is 5.56 Å². The number of hydrogen-bond acceptors (Lipinski definition) is 4. The lowest BCUT2D eigenvalue weighted by Crippen LogP contribution is -2.03. The van der Waals surface area contributed by atoms with E-state index in [2.05, 4.69) is 9.97 Å². The van der Waals surface area contributed by atoms with Gasteiger partial charge >= 0.3 is 0 Å². The smallest absolute Gasteiger partial charge is 0.221 e. The fourth-order valence-corrected chi connectivity index (χ4v) is 1.43. The lowest BCUT2D eigenvalue weighted by atomic mass is 10.2. The second-order valence-electron chi connectivity index (χ2n) is 3.30. The zero-order valence-electron chi connectivity index (χ0n) is 9.05. The second kappa shape index (κ2) is 4.72. The maximum absolute atomic E-state index is 5.55. The van der Waals surface area contributed by atoms with Crippen molar-refractivity contribution in [3.63, 3.8) is 0 Å². The molecule has 0 saturated carbocycles. The van der Waals surface area contributed by atoms with Crippen LogP contribution < -0.4 is 10.5 Å². The summed E-state index contributed by atoms with van der Waals surface area (Å²) in [4.78, 5) is 8.58. The summed E-state index contributed by atoms with van der Waals surface area (Å²) in [6, 6.07) is 9.76. The van der Waals surface area contributed by atoms with Gasteiger partial charge in [0, 0.05) is 23.9 Å². The third-order valence-corrected chi connectivity index (χ3v) is 2.27. The van der Waals surface area contributed by atoms with Gasteiger partial charge in [-0.25, -0.2) is 4.98 Å². The Hall–Kier alpha value is -1.94. The molecule has 82 valence electrons. The van der Waals surface area contributed by atoms with Gasteiger partial charge in [0.2, 0.25) is 5.88 Å². The number of ether oxygens (including phenoxy) is 1. The van der Waals surface area contributed by atoms with Crippen molar-refractivity contribution in [3.8, 4) is 17.3 Å². The second-order valence-corrected chi connectivity index (χ2v) is 3.30. The van der Waals surface area contributed by atoms with Gasteiger partial charge in [0.15, 0.2) is 5.82 Å². The van der Waals surface area contributed by atoms with E-state index >= 15 is 0 Å². The van der Waals surface area contributed by atoms with Gasteiger partial charge in [-0.3, -0.25) is 0 Å². The molecular formula is C12H13N3O. The number of nitrogens with two attached hydrogens (primary N) is 1. The fraction of sp³-hybridized carbons (Fsp3) is 0.167. The Morgan fingerprint density at radius 1 is 1.25 bits per heavy atom. The Bertz CT molecular complexity index is 471. The van der Waals surface area contributed by atoms with Crippen molar-refractivity contribution in [3.05, 3.63) is 42.1 Å². The largest absolute Gasteiger partial charge is 0.481 e. The van der Waals surface area contributed by atoms with Crippen LogP contribution in [0.25, 0.3) is 11.4 Å². The molecule has 0 aliphatic rings. The Balaban J connectivity index is 2.44. The molecule has 0 saturated heterocycles. The van der Waals surface area contributed by atoms with Gasteiger partial charge in [0.05, 0.1) is 7.11 Å². The molecule has 2 rings (SSSR count). The lowest BCUT2D eigenvalue weighted by Gasteiger charge is -2.06. The molecule has 1 aromatic heterocycles. The van der Waals surface area contributed by atoms with Crippen LogP contribution in [-0.2, 0) is 6.54 Å². The average Bonchev–Trinajstić information content (AvgIpc) is 2.39. The minimum Gasteiger partial charge on any atom is -0.481 e. The third kappa shape index (κ3) is 2.01. The molecule has 0 bridgehead atoms. The van der Waals surface area contributed by atoms with Crippen LogP contribution in [-0.4, -0.2) is 17.1 Å². The van der Waals surface area contributed by atoms with Crippen molar-refractivity contribution >= 4 is 0 Å². The number of rotatable bonds is 3. The van der Waals surface area contributed by atoms with E-state index in [9.17, 15) is 0 Å². The molecule has 0 radical (unpaired) electrons. The fourth-order valence-electron chi connectivity index (χ4n) is 1.43. The molecule has 0 fully saturated rings. The maximum atomic E-state index is 5.55. The Labute approximate surface area is 94.1 Å². The minimum absolute atomic E-state index is 0.373. The van der Waals surface area contributed by atoms with Gasteiger partial charge in [-0.15, -0.1) is 0 Å². The lowest BCUT2D eigenvalue weighted by molar-refractivity contribution is 0.392. The van der Waals surface area contributed by atoms with E-state index in [0.717, 1.165) is 11.1 Å². The van der Waals surface area contributed by atoms with Crippen molar-refractivity contribution < 1.29 is 4.74 Å². The van der Waals surface area contributed by atoms with E-state index in [1.807, 2.05) is 30.3 Å². The maximum Gasteiger partial charge on any atom is 0.221 e. The van der Waals surface area contributed by atoms with E-state index in [1.54, 1.807) is 13.3 Å². The summed E-state index contributed by atoms with van der Waals surface area (Å²) in [7, 11) is 1.58. The molecule has 4 nitrogen and oxygen atoms in total.